The molecular weight excluding hydrogens is 239 g/mol. The Morgan fingerprint density at radius 2 is 2.06 bits per heavy atom. The highest BCUT2D eigenvalue weighted by molar-refractivity contribution is 7.10. The third-order valence-electron chi connectivity index (χ3n) is 3.40. The number of carbonyl (C=O) groups is 1. The predicted octanol–water partition coefficient (Wildman–Crippen LogP) is 2.84. The largest absolute Gasteiger partial charge is 0.418 e. The van der Waals surface area contributed by atoms with E-state index in [1.54, 1.807) is 7.05 Å². The van der Waals surface area contributed by atoms with Crippen molar-refractivity contribution < 1.29 is 18.0 Å². The van der Waals surface area contributed by atoms with Crippen molar-refractivity contribution in [3.05, 3.63) is 21.4 Å². The molecule has 86 valence electrons. The number of hydrogen-bond acceptors (Lipinski definition) is 2. The van der Waals surface area contributed by atoms with Crippen LogP contribution in [0, 0.1) is 0 Å². The number of carbonyl (C=O) groups excluding carboxylic acids is 1. The van der Waals surface area contributed by atoms with E-state index in [9.17, 15) is 18.0 Å². The highest BCUT2D eigenvalue weighted by Crippen LogP contribution is 2.59. The fourth-order valence-electron chi connectivity index (χ4n) is 2.32. The number of amides is 1. The number of alkyl halides is 3. The second-order valence-corrected chi connectivity index (χ2v) is 5.13. The van der Waals surface area contributed by atoms with Gasteiger partial charge < -0.3 is 4.90 Å². The molecule has 0 unspecified atom stereocenters. The van der Waals surface area contributed by atoms with Crippen molar-refractivity contribution in [1.82, 2.24) is 4.90 Å². The summed E-state index contributed by atoms with van der Waals surface area (Å²) in [4.78, 5) is 13.9. The summed E-state index contributed by atoms with van der Waals surface area (Å²) in [6, 6.07) is 0. The second kappa shape index (κ2) is 2.61. The highest BCUT2D eigenvalue weighted by atomic mass is 32.1. The molecule has 1 aromatic rings. The Hall–Kier alpha value is -1.04. The molecule has 0 radical (unpaired) electrons. The van der Waals surface area contributed by atoms with E-state index in [4.69, 9.17) is 0 Å². The van der Waals surface area contributed by atoms with Crippen molar-refractivity contribution in [3.63, 3.8) is 0 Å². The van der Waals surface area contributed by atoms with Crippen LogP contribution in [0.3, 0.4) is 0 Å². The number of hydrogen-bond donors (Lipinski definition) is 0. The molecule has 2 heterocycles. The summed E-state index contributed by atoms with van der Waals surface area (Å²) < 4.78 is 38.1. The summed E-state index contributed by atoms with van der Waals surface area (Å²) in [7, 11) is 1.59. The van der Waals surface area contributed by atoms with Gasteiger partial charge in [-0.15, -0.1) is 11.3 Å². The van der Waals surface area contributed by atoms with Gasteiger partial charge in [-0.3, -0.25) is 4.79 Å². The average molecular weight is 247 g/mol. The van der Waals surface area contributed by atoms with Gasteiger partial charge in [-0.05, 0) is 12.8 Å². The number of fused-ring (bicyclic) bond motifs is 2. The van der Waals surface area contributed by atoms with Crippen LogP contribution in [0.2, 0.25) is 0 Å². The summed E-state index contributed by atoms with van der Waals surface area (Å²) in [6.07, 6.45) is -2.87. The van der Waals surface area contributed by atoms with E-state index in [0.717, 1.165) is 29.6 Å². The van der Waals surface area contributed by atoms with Crippen LogP contribution in [0.1, 0.15) is 33.6 Å². The minimum Gasteiger partial charge on any atom is -0.331 e. The standard InChI is InChI=1S/C10H8F3NOS/c1-14-8(15)6-5(10(11,12)13)4-16-7(6)9(14)2-3-9/h4H,2-3H2,1H3. The summed E-state index contributed by atoms with van der Waals surface area (Å²) in [5, 5.41) is 1.07. The van der Waals surface area contributed by atoms with Crippen LogP contribution in [-0.2, 0) is 11.7 Å². The Balaban J connectivity index is 2.21. The van der Waals surface area contributed by atoms with Crippen LogP contribution in [-0.4, -0.2) is 17.9 Å². The molecule has 1 saturated carbocycles. The highest BCUT2D eigenvalue weighted by Gasteiger charge is 2.59. The first kappa shape index (κ1) is 10.1. The fourth-order valence-corrected chi connectivity index (χ4v) is 3.68. The molecule has 0 N–H and O–H groups in total. The Bertz CT molecular complexity index is 487. The van der Waals surface area contributed by atoms with Gasteiger partial charge >= 0.3 is 6.18 Å². The molecule has 1 aliphatic carbocycles. The third-order valence-corrected chi connectivity index (χ3v) is 4.58. The topological polar surface area (TPSA) is 20.3 Å². The Morgan fingerprint density at radius 3 is 2.56 bits per heavy atom. The van der Waals surface area contributed by atoms with Crippen molar-refractivity contribution in [1.29, 1.82) is 0 Å². The van der Waals surface area contributed by atoms with Gasteiger partial charge in [0.25, 0.3) is 5.91 Å². The van der Waals surface area contributed by atoms with Gasteiger partial charge in [0, 0.05) is 17.3 Å². The molecule has 6 heteroatoms. The predicted molar refractivity (Wildman–Crippen MR) is 52.3 cm³/mol. The van der Waals surface area contributed by atoms with E-state index in [-0.39, 0.29) is 5.56 Å². The molecule has 2 nitrogen and oxygen atoms in total. The monoisotopic (exact) mass is 247 g/mol. The Kier molecular flexibility index (Phi) is 1.65. The number of rotatable bonds is 0. The van der Waals surface area contributed by atoms with Crippen LogP contribution in [0.4, 0.5) is 13.2 Å². The van der Waals surface area contributed by atoms with Crippen LogP contribution in [0.25, 0.3) is 0 Å². The van der Waals surface area contributed by atoms with E-state index in [1.807, 2.05) is 0 Å². The zero-order valence-corrected chi connectivity index (χ0v) is 9.21. The molecule has 0 aromatic carbocycles. The van der Waals surface area contributed by atoms with Gasteiger partial charge in [-0.25, -0.2) is 0 Å². The van der Waals surface area contributed by atoms with E-state index >= 15 is 0 Å². The van der Waals surface area contributed by atoms with Crippen molar-refractivity contribution in [2.24, 2.45) is 0 Å². The molecule has 0 saturated heterocycles. The number of halogens is 3. The number of thiophene rings is 1. The fraction of sp³-hybridized carbons (Fsp3) is 0.500. The normalized spacial score (nSPS) is 21.8. The molecule has 1 amide bonds. The average Bonchev–Trinajstić information content (AvgIpc) is 2.81. The first-order valence-corrected chi connectivity index (χ1v) is 5.73. The lowest BCUT2D eigenvalue weighted by Crippen LogP contribution is -2.29. The molecular formula is C10H8F3NOS. The first-order chi connectivity index (χ1) is 7.38. The van der Waals surface area contributed by atoms with Crippen molar-refractivity contribution in [2.75, 3.05) is 7.05 Å². The first-order valence-electron chi connectivity index (χ1n) is 4.85. The Morgan fingerprint density at radius 1 is 1.44 bits per heavy atom. The molecule has 1 fully saturated rings. The van der Waals surface area contributed by atoms with Crippen LogP contribution in [0.5, 0.6) is 0 Å². The second-order valence-electron chi connectivity index (χ2n) is 4.25. The zero-order valence-electron chi connectivity index (χ0n) is 8.39. The third kappa shape index (κ3) is 1.00. The molecule has 1 aliphatic heterocycles. The SMILES string of the molecule is CN1C(=O)c2c(C(F)(F)F)csc2C12CC2. The maximum Gasteiger partial charge on any atom is 0.418 e. The van der Waals surface area contributed by atoms with Crippen LogP contribution >= 0.6 is 11.3 Å². The van der Waals surface area contributed by atoms with Gasteiger partial charge in [0.2, 0.25) is 0 Å². The van der Waals surface area contributed by atoms with Gasteiger partial charge in [0.05, 0.1) is 16.7 Å². The van der Waals surface area contributed by atoms with Gasteiger partial charge in [-0.2, -0.15) is 13.2 Å². The van der Waals surface area contributed by atoms with Gasteiger partial charge in [0.15, 0.2) is 0 Å². The van der Waals surface area contributed by atoms with E-state index < -0.39 is 23.2 Å². The minimum atomic E-state index is -4.43. The van der Waals surface area contributed by atoms with Crippen molar-refractivity contribution in [2.45, 2.75) is 24.6 Å². The molecule has 16 heavy (non-hydrogen) atoms. The van der Waals surface area contributed by atoms with Crippen LogP contribution < -0.4 is 0 Å². The lowest BCUT2D eigenvalue weighted by atomic mass is 10.1. The number of nitrogens with zero attached hydrogens (tertiary/aromatic N) is 1. The van der Waals surface area contributed by atoms with E-state index in [0.29, 0.717) is 4.88 Å². The minimum absolute atomic E-state index is 0.113. The maximum absolute atomic E-state index is 12.7. The van der Waals surface area contributed by atoms with Gasteiger partial charge in [-0.1, -0.05) is 0 Å². The summed E-state index contributed by atoms with van der Waals surface area (Å²) in [6.45, 7) is 0. The maximum atomic E-state index is 12.7. The molecule has 3 rings (SSSR count). The van der Waals surface area contributed by atoms with Crippen LogP contribution in [0.15, 0.2) is 5.38 Å². The molecule has 0 atom stereocenters. The summed E-state index contributed by atoms with van der Waals surface area (Å²) in [5.41, 5.74) is -1.29. The quantitative estimate of drug-likeness (QED) is 0.690. The van der Waals surface area contributed by atoms with Crippen molar-refractivity contribution in [3.8, 4) is 0 Å². The molecule has 1 aromatic heterocycles. The molecule has 0 bridgehead atoms. The summed E-state index contributed by atoms with van der Waals surface area (Å²) >= 11 is 1.06. The van der Waals surface area contributed by atoms with Crippen molar-refractivity contribution >= 4 is 17.2 Å². The lowest BCUT2D eigenvalue weighted by molar-refractivity contribution is -0.137. The molecule has 1 spiro atoms. The molecule has 2 aliphatic rings. The lowest BCUT2D eigenvalue weighted by Gasteiger charge is -2.18. The van der Waals surface area contributed by atoms with E-state index in [1.165, 1.54) is 4.90 Å². The smallest absolute Gasteiger partial charge is 0.331 e. The summed E-state index contributed by atoms with van der Waals surface area (Å²) in [5.74, 6) is -0.485. The van der Waals surface area contributed by atoms with Gasteiger partial charge in [0.1, 0.15) is 0 Å². The zero-order chi connectivity index (χ0) is 11.7. The Labute approximate surface area is 93.7 Å². The van der Waals surface area contributed by atoms with E-state index in [2.05, 4.69) is 0 Å².